The third-order valence-electron chi connectivity index (χ3n) is 2.83. The van der Waals surface area contributed by atoms with E-state index in [0.29, 0.717) is 6.04 Å². The Kier molecular flexibility index (Phi) is 4.16. The highest BCUT2D eigenvalue weighted by molar-refractivity contribution is 4.77. The number of rotatable bonds is 3. The number of hydrogen-bond acceptors (Lipinski definition) is 3. The Morgan fingerprint density at radius 1 is 1.46 bits per heavy atom. The van der Waals surface area contributed by atoms with Crippen molar-refractivity contribution in [3.8, 4) is 0 Å². The van der Waals surface area contributed by atoms with Gasteiger partial charge in [-0.15, -0.1) is 0 Å². The van der Waals surface area contributed by atoms with E-state index in [1.54, 1.807) is 0 Å². The molecule has 1 rings (SSSR count). The molecule has 2 unspecified atom stereocenters. The summed E-state index contributed by atoms with van der Waals surface area (Å²) in [6, 6.07) is 0.595. The van der Waals surface area contributed by atoms with Crippen LogP contribution < -0.4 is 5.43 Å². The molecular formula is C10H23N3. The molecule has 0 aromatic rings. The molecule has 0 aromatic carbocycles. The monoisotopic (exact) mass is 185 g/mol. The SMILES string of the molecule is CC(NN(C)C)C1CCCN(C)C1. The van der Waals surface area contributed by atoms with Gasteiger partial charge in [0.15, 0.2) is 0 Å². The lowest BCUT2D eigenvalue weighted by Crippen LogP contribution is -2.47. The maximum atomic E-state index is 3.44. The Hall–Kier alpha value is -0.120. The number of nitrogens with one attached hydrogen (secondary N) is 1. The smallest absolute Gasteiger partial charge is 0.0227 e. The Labute approximate surface area is 82.1 Å². The zero-order valence-corrected chi connectivity index (χ0v) is 9.38. The molecule has 13 heavy (non-hydrogen) atoms. The van der Waals surface area contributed by atoms with Gasteiger partial charge in [-0.3, -0.25) is 10.4 Å². The molecule has 1 aliphatic rings. The average Bonchev–Trinajstić information content (AvgIpc) is 2.03. The van der Waals surface area contributed by atoms with Crippen molar-refractivity contribution in [3.05, 3.63) is 0 Å². The molecule has 2 atom stereocenters. The Morgan fingerprint density at radius 3 is 2.69 bits per heavy atom. The molecule has 0 aromatic heterocycles. The van der Waals surface area contributed by atoms with Gasteiger partial charge < -0.3 is 4.90 Å². The molecular weight excluding hydrogens is 162 g/mol. The highest BCUT2D eigenvalue weighted by Crippen LogP contribution is 2.18. The second-order valence-electron chi connectivity index (χ2n) is 4.48. The van der Waals surface area contributed by atoms with E-state index in [1.165, 1.54) is 25.9 Å². The minimum atomic E-state index is 0.595. The molecule has 0 bridgehead atoms. The predicted octanol–water partition coefficient (Wildman–Crippen LogP) is 0.783. The molecule has 0 amide bonds. The minimum Gasteiger partial charge on any atom is -0.306 e. The van der Waals surface area contributed by atoms with Gasteiger partial charge in [0.25, 0.3) is 0 Å². The van der Waals surface area contributed by atoms with Gasteiger partial charge in [-0.25, -0.2) is 0 Å². The first-order valence-electron chi connectivity index (χ1n) is 5.21. The van der Waals surface area contributed by atoms with Gasteiger partial charge >= 0.3 is 0 Å². The molecule has 78 valence electrons. The molecule has 1 N–H and O–H groups in total. The topological polar surface area (TPSA) is 18.5 Å². The summed E-state index contributed by atoms with van der Waals surface area (Å²) >= 11 is 0. The first-order chi connectivity index (χ1) is 6.09. The van der Waals surface area contributed by atoms with Gasteiger partial charge in [0, 0.05) is 26.7 Å². The molecule has 0 aliphatic carbocycles. The van der Waals surface area contributed by atoms with Crippen LogP contribution in [0.5, 0.6) is 0 Å². The molecule has 0 radical (unpaired) electrons. The summed E-state index contributed by atoms with van der Waals surface area (Å²) in [5, 5.41) is 2.05. The van der Waals surface area contributed by atoms with Crippen LogP contribution in [0.4, 0.5) is 0 Å². The van der Waals surface area contributed by atoms with Crippen LogP contribution in [0.25, 0.3) is 0 Å². The fraction of sp³-hybridized carbons (Fsp3) is 1.00. The van der Waals surface area contributed by atoms with Crippen molar-refractivity contribution in [1.29, 1.82) is 0 Å². The quantitative estimate of drug-likeness (QED) is 0.656. The normalized spacial score (nSPS) is 27.9. The van der Waals surface area contributed by atoms with Crippen LogP contribution in [0.3, 0.4) is 0 Å². The average molecular weight is 185 g/mol. The van der Waals surface area contributed by atoms with Gasteiger partial charge in [0.1, 0.15) is 0 Å². The summed E-state index contributed by atoms with van der Waals surface area (Å²) < 4.78 is 0. The van der Waals surface area contributed by atoms with E-state index in [0.717, 1.165) is 5.92 Å². The number of piperidine rings is 1. The van der Waals surface area contributed by atoms with Crippen molar-refractivity contribution in [1.82, 2.24) is 15.3 Å². The van der Waals surface area contributed by atoms with Gasteiger partial charge in [0.2, 0.25) is 0 Å². The van der Waals surface area contributed by atoms with Gasteiger partial charge in [-0.2, -0.15) is 0 Å². The standard InChI is InChI=1S/C10H23N3/c1-9(11-12(2)3)10-6-5-7-13(4)8-10/h9-11H,5-8H2,1-4H3. The van der Waals surface area contributed by atoms with E-state index in [9.17, 15) is 0 Å². The van der Waals surface area contributed by atoms with Crippen molar-refractivity contribution in [3.63, 3.8) is 0 Å². The lowest BCUT2D eigenvalue weighted by atomic mass is 9.92. The van der Waals surface area contributed by atoms with Crippen LogP contribution >= 0.6 is 0 Å². The Morgan fingerprint density at radius 2 is 2.15 bits per heavy atom. The third-order valence-corrected chi connectivity index (χ3v) is 2.83. The molecule has 0 spiro atoms. The van der Waals surface area contributed by atoms with Crippen molar-refractivity contribution in [2.24, 2.45) is 5.92 Å². The highest BCUT2D eigenvalue weighted by Gasteiger charge is 2.22. The maximum absolute atomic E-state index is 3.44. The first kappa shape index (κ1) is 11.0. The zero-order valence-electron chi connectivity index (χ0n) is 9.38. The second kappa shape index (κ2) is 4.94. The van der Waals surface area contributed by atoms with Crippen molar-refractivity contribution >= 4 is 0 Å². The Balaban J connectivity index is 2.32. The number of likely N-dealkylation sites (tertiary alicyclic amines) is 1. The number of hydrazine groups is 1. The fourth-order valence-electron chi connectivity index (χ4n) is 2.13. The molecule has 0 saturated carbocycles. The molecule has 1 saturated heterocycles. The van der Waals surface area contributed by atoms with Gasteiger partial charge in [-0.05, 0) is 39.3 Å². The molecule has 3 heteroatoms. The highest BCUT2D eigenvalue weighted by atomic mass is 15.5. The van der Waals surface area contributed by atoms with E-state index in [4.69, 9.17) is 0 Å². The summed E-state index contributed by atoms with van der Waals surface area (Å²) in [6.07, 6.45) is 2.72. The molecule has 1 heterocycles. The molecule has 1 aliphatic heterocycles. The van der Waals surface area contributed by atoms with E-state index < -0.39 is 0 Å². The van der Waals surface area contributed by atoms with Crippen LogP contribution in [-0.4, -0.2) is 50.2 Å². The second-order valence-corrected chi connectivity index (χ2v) is 4.48. The van der Waals surface area contributed by atoms with Crippen LogP contribution in [0.1, 0.15) is 19.8 Å². The zero-order chi connectivity index (χ0) is 9.84. The number of hydrogen-bond donors (Lipinski definition) is 1. The van der Waals surface area contributed by atoms with Gasteiger partial charge in [-0.1, -0.05) is 0 Å². The van der Waals surface area contributed by atoms with Crippen molar-refractivity contribution < 1.29 is 0 Å². The van der Waals surface area contributed by atoms with E-state index in [1.807, 2.05) is 0 Å². The van der Waals surface area contributed by atoms with Crippen molar-refractivity contribution in [2.45, 2.75) is 25.8 Å². The summed E-state index contributed by atoms with van der Waals surface area (Å²) in [6.45, 7) is 4.79. The summed E-state index contributed by atoms with van der Waals surface area (Å²) in [5.74, 6) is 0.807. The van der Waals surface area contributed by atoms with E-state index in [2.05, 4.69) is 43.4 Å². The molecule has 1 fully saturated rings. The van der Waals surface area contributed by atoms with E-state index in [-0.39, 0.29) is 0 Å². The maximum Gasteiger partial charge on any atom is 0.0227 e. The Bertz CT molecular complexity index is 147. The largest absolute Gasteiger partial charge is 0.306 e. The first-order valence-corrected chi connectivity index (χ1v) is 5.21. The summed E-state index contributed by atoms with van der Waals surface area (Å²) in [5.41, 5.74) is 3.44. The number of nitrogens with zero attached hydrogens (tertiary/aromatic N) is 2. The van der Waals surface area contributed by atoms with Gasteiger partial charge in [0.05, 0.1) is 0 Å². The lowest BCUT2D eigenvalue weighted by molar-refractivity contribution is 0.136. The van der Waals surface area contributed by atoms with Crippen LogP contribution in [0.15, 0.2) is 0 Å². The van der Waals surface area contributed by atoms with Crippen LogP contribution in [0.2, 0.25) is 0 Å². The predicted molar refractivity (Wildman–Crippen MR) is 56.5 cm³/mol. The van der Waals surface area contributed by atoms with E-state index >= 15 is 0 Å². The molecule has 3 nitrogen and oxygen atoms in total. The van der Waals surface area contributed by atoms with Crippen molar-refractivity contribution in [2.75, 3.05) is 34.2 Å². The van der Waals surface area contributed by atoms with Crippen LogP contribution in [-0.2, 0) is 0 Å². The minimum absolute atomic E-state index is 0.595. The summed E-state index contributed by atoms with van der Waals surface area (Å²) in [4.78, 5) is 2.43. The summed E-state index contributed by atoms with van der Waals surface area (Å²) in [7, 11) is 6.33. The van der Waals surface area contributed by atoms with Crippen LogP contribution in [0, 0.1) is 5.92 Å². The lowest BCUT2D eigenvalue weighted by Gasteiger charge is -2.35. The fourth-order valence-corrected chi connectivity index (χ4v) is 2.13. The third kappa shape index (κ3) is 3.63.